The summed E-state index contributed by atoms with van der Waals surface area (Å²) in [6.07, 6.45) is 6.67. The van der Waals surface area contributed by atoms with Crippen molar-refractivity contribution in [1.82, 2.24) is 19.2 Å². The third kappa shape index (κ3) is 2.06. The maximum atomic E-state index is 12.2. The Morgan fingerprint density at radius 3 is 3.00 bits per heavy atom. The zero-order valence-electron chi connectivity index (χ0n) is 10.0. The second-order valence-corrected chi connectivity index (χ2v) is 4.07. The molecular formula is C12H12N6O. The van der Waals surface area contributed by atoms with Crippen LogP contribution in [0.2, 0.25) is 0 Å². The lowest BCUT2D eigenvalue weighted by atomic mass is 10.3. The number of nitrogens with one attached hydrogen (secondary N) is 1. The maximum absolute atomic E-state index is 12.2. The number of nitrogens with two attached hydrogens (primary N) is 1. The molecule has 0 bridgehead atoms. The first kappa shape index (κ1) is 11.4. The normalized spacial score (nSPS) is 10.8. The zero-order chi connectivity index (χ0) is 13.2. The van der Waals surface area contributed by atoms with Crippen molar-refractivity contribution in [2.45, 2.75) is 6.54 Å². The Morgan fingerprint density at radius 2 is 2.16 bits per heavy atom. The average Bonchev–Trinajstić information content (AvgIpc) is 2.91. The molecule has 0 unspecified atom stereocenters. The third-order valence-corrected chi connectivity index (χ3v) is 2.85. The van der Waals surface area contributed by atoms with Gasteiger partial charge in [-0.15, -0.1) is 0 Å². The van der Waals surface area contributed by atoms with E-state index in [1.807, 2.05) is 0 Å². The second kappa shape index (κ2) is 4.54. The molecule has 0 aromatic carbocycles. The van der Waals surface area contributed by atoms with Gasteiger partial charge in [-0.3, -0.25) is 15.6 Å². The fourth-order valence-electron chi connectivity index (χ4n) is 1.91. The summed E-state index contributed by atoms with van der Waals surface area (Å²) in [6, 6.07) is 5.24. The fraction of sp³-hybridized carbons (Fsp3) is 0.0833. The van der Waals surface area contributed by atoms with Crippen LogP contribution >= 0.6 is 0 Å². The third-order valence-electron chi connectivity index (χ3n) is 2.85. The van der Waals surface area contributed by atoms with Crippen molar-refractivity contribution >= 4 is 11.2 Å². The minimum Gasteiger partial charge on any atom is -0.324 e. The van der Waals surface area contributed by atoms with Crippen molar-refractivity contribution < 1.29 is 0 Å². The molecule has 3 aromatic rings. The number of rotatable bonds is 3. The van der Waals surface area contributed by atoms with Gasteiger partial charge in [0.15, 0.2) is 0 Å². The summed E-state index contributed by atoms with van der Waals surface area (Å²) in [4.78, 5) is 16.4. The highest BCUT2D eigenvalue weighted by molar-refractivity contribution is 5.43. The summed E-state index contributed by atoms with van der Waals surface area (Å²) in [5.74, 6) is 5.34. The topological polar surface area (TPSA) is 90.2 Å². The standard InChI is InChI=1S/C12H12N6O/c13-16-9-1-3-14-10(7-9)8-17-5-6-18-11(12(17)19)2-4-15-18/h1-7H,8,13H2,(H,14,16). The molecule has 3 N–H and O–H groups in total. The molecule has 0 fully saturated rings. The molecule has 0 spiro atoms. The van der Waals surface area contributed by atoms with Crippen LogP contribution in [0.4, 0.5) is 5.69 Å². The Kier molecular flexibility index (Phi) is 2.73. The number of hydrazine groups is 1. The highest BCUT2D eigenvalue weighted by Crippen LogP contribution is 2.07. The number of hydrogen-bond acceptors (Lipinski definition) is 5. The molecule has 7 heteroatoms. The van der Waals surface area contributed by atoms with E-state index in [9.17, 15) is 4.79 Å². The number of nitrogens with zero attached hydrogens (tertiary/aromatic N) is 4. The largest absolute Gasteiger partial charge is 0.324 e. The molecule has 96 valence electrons. The van der Waals surface area contributed by atoms with E-state index < -0.39 is 0 Å². The van der Waals surface area contributed by atoms with Crippen LogP contribution in [0.15, 0.2) is 47.8 Å². The molecule has 0 aliphatic rings. The van der Waals surface area contributed by atoms with E-state index in [1.165, 1.54) is 0 Å². The van der Waals surface area contributed by atoms with Crippen LogP contribution < -0.4 is 16.8 Å². The van der Waals surface area contributed by atoms with E-state index in [0.29, 0.717) is 12.1 Å². The van der Waals surface area contributed by atoms with Gasteiger partial charge in [0.05, 0.1) is 24.1 Å². The number of fused-ring (bicyclic) bond motifs is 1. The number of pyridine rings is 1. The number of aromatic nitrogens is 4. The Morgan fingerprint density at radius 1 is 1.26 bits per heavy atom. The van der Waals surface area contributed by atoms with Crippen molar-refractivity contribution in [3.8, 4) is 0 Å². The molecule has 0 radical (unpaired) electrons. The van der Waals surface area contributed by atoms with Gasteiger partial charge < -0.3 is 9.99 Å². The zero-order valence-corrected chi connectivity index (χ0v) is 10.0. The fourth-order valence-corrected chi connectivity index (χ4v) is 1.91. The number of hydrogen-bond donors (Lipinski definition) is 2. The maximum Gasteiger partial charge on any atom is 0.276 e. The molecule has 0 aliphatic carbocycles. The summed E-state index contributed by atoms with van der Waals surface area (Å²) in [5, 5.41) is 4.02. The van der Waals surface area contributed by atoms with Crippen LogP contribution in [0.25, 0.3) is 5.52 Å². The van der Waals surface area contributed by atoms with E-state index in [0.717, 1.165) is 11.4 Å². The molecule has 3 heterocycles. The van der Waals surface area contributed by atoms with Crippen LogP contribution in [-0.4, -0.2) is 19.2 Å². The Bertz CT molecular complexity index is 775. The first-order chi connectivity index (χ1) is 9.28. The summed E-state index contributed by atoms with van der Waals surface area (Å²) in [7, 11) is 0. The molecule has 3 aromatic heterocycles. The molecule has 0 saturated heterocycles. The van der Waals surface area contributed by atoms with Gasteiger partial charge in [-0.05, 0) is 18.2 Å². The van der Waals surface area contributed by atoms with Gasteiger partial charge in [-0.25, -0.2) is 4.52 Å². The van der Waals surface area contributed by atoms with Crippen LogP contribution in [0.3, 0.4) is 0 Å². The lowest BCUT2D eigenvalue weighted by Crippen LogP contribution is -2.22. The summed E-state index contributed by atoms with van der Waals surface area (Å²) >= 11 is 0. The van der Waals surface area contributed by atoms with Crippen molar-refractivity contribution in [1.29, 1.82) is 0 Å². The molecule has 7 nitrogen and oxygen atoms in total. The Balaban J connectivity index is 2.00. The quantitative estimate of drug-likeness (QED) is 0.517. The van der Waals surface area contributed by atoms with Crippen molar-refractivity contribution in [3.05, 3.63) is 59.0 Å². The van der Waals surface area contributed by atoms with Gasteiger partial charge in [0.2, 0.25) is 0 Å². The predicted octanol–water partition coefficient (Wildman–Crippen LogP) is 0.225. The highest BCUT2D eigenvalue weighted by atomic mass is 16.1. The Labute approximate surface area is 108 Å². The number of nitrogen functional groups attached to an aromatic ring is 1. The van der Waals surface area contributed by atoms with Gasteiger partial charge in [0, 0.05) is 18.6 Å². The van der Waals surface area contributed by atoms with E-state index in [1.54, 1.807) is 52.1 Å². The van der Waals surface area contributed by atoms with Crippen molar-refractivity contribution in [3.63, 3.8) is 0 Å². The van der Waals surface area contributed by atoms with Gasteiger partial charge in [0.25, 0.3) is 5.56 Å². The first-order valence-electron chi connectivity index (χ1n) is 5.72. The van der Waals surface area contributed by atoms with Gasteiger partial charge in [0.1, 0.15) is 5.52 Å². The van der Waals surface area contributed by atoms with Crippen molar-refractivity contribution in [2.75, 3.05) is 5.43 Å². The van der Waals surface area contributed by atoms with Gasteiger partial charge in [-0.2, -0.15) is 5.10 Å². The average molecular weight is 256 g/mol. The molecule has 3 rings (SSSR count). The second-order valence-electron chi connectivity index (χ2n) is 4.07. The monoisotopic (exact) mass is 256 g/mol. The summed E-state index contributed by atoms with van der Waals surface area (Å²) < 4.78 is 3.13. The number of anilines is 1. The van der Waals surface area contributed by atoms with Crippen LogP contribution in [-0.2, 0) is 6.54 Å². The van der Waals surface area contributed by atoms with Crippen LogP contribution in [0.5, 0.6) is 0 Å². The van der Waals surface area contributed by atoms with Gasteiger partial charge in [-0.1, -0.05) is 0 Å². The summed E-state index contributed by atoms with van der Waals surface area (Å²) in [6.45, 7) is 0.385. The first-order valence-corrected chi connectivity index (χ1v) is 5.72. The van der Waals surface area contributed by atoms with E-state index >= 15 is 0 Å². The van der Waals surface area contributed by atoms with Crippen molar-refractivity contribution in [2.24, 2.45) is 5.84 Å². The lowest BCUT2D eigenvalue weighted by Gasteiger charge is -2.07. The van der Waals surface area contributed by atoms with E-state index in [2.05, 4.69) is 15.5 Å². The highest BCUT2D eigenvalue weighted by Gasteiger charge is 2.04. The van der Waals surface area contributed by atoms with E-state index in [-0.39, 0.29) is 5.56 Å². The molecule has 0 atom stereocenters. The molecule has 0 amide bonds. The molecule has 19 heavy (non-hydrogen) atoms. The molecule has 0 aliphatic heterocycles. The lowest BCUT2D eigenvalue weighted by molar-refractivity contribution is 0.726. The molecule has 0 saturated carbocycles. The Hall–Kier alpha value is -2.67. The predicted molar refractivity (Wildman–Crippen MR) is 70.6 cm³/mol. The smallest absolute Gasteiger partial charge is 0.276 e. The van der Waals surface area contributed by atoms with Crippen LogP contribution in [0.1, 0.15) is 5.69 Å². The van der Waals surface area contributed by atoms with E-state index in [4.69, 9.17) is 5.84 Å². The van der Waals surface area contributed by atoms with Gasteiger partial charge >= 0.3 is 0 Å². The van der Waals surface area contributed by atoms with Crippen LogP contribution in [0, 0.1) is 0 Å². The minimum atomic E-state index is -0.104. The minimum absolute atomic E-state index is 0.104. The molecular weight excluding hydrogens is 244 g/mol. The SMILES string of the molecule is NNc1ccnc(Cn2ccn3nccc3c2=O)c1. The summed E-state index contributed by atoms with van der Waals surface area (Å²) in [5.41, 5.74) is 4.49.